The molecule has 3 aliphatic heterocycles. The van der Waals surface area contributed by atoms with Gasteiger partial charge < -0.3 is 41.5 Å². The van der Waals surface area contributed by atoms with Gasteiger partial charge in [0.15, 0.2) is 0 Å². The summed E-state index contributed by atoms with van der Waals surface area (Å²) < 4.78 is -0.785. The summed E-state index contributed by atoms with van der Waals surface area (Å²) in [6, 6.07) is 3.87. The van der Waals surface area contributed by atoms with Crippen LogP contribution in [-0.4, -0.2) is 79.8 Å². The third-order valence-electron chi connectivity index (χ3n) is 6.48. The molecule has 0 saturated carbocycles. The van der Waals surface area contributed by atoms with Crippen molar-refractivity contribution >= 4 is 41.5 Å². The SMILES string of the molecule is CC1(C)S[C@@H]2[C@H](NC(=O)C(NC(=O)[C@H]3CCCN3C(N)=O)c3ccccc3)C(=O)N2[C@H]1C(=O)[O-].O.[K+]. The van der Waals surface area contributed by atoms with Gasteiger partial charge in [0.25, 0.3) is 0 Å². The number of amides is 5. The number of β-lactam (4-membered cyclic amide) rings is 1. The van der Waals surface area contributed by atoms with Crippen LogP contribution >= 0.6 is 11.8 Å². The molecule has 12 nitrogen and oxygen atoms in total. The predicted molar refractivity (Wildman–Crippen MR) is 123 cm³/mol. The number of hydrogen-bond donors (Lipinski definition) is 3. The second-order valence-corrected chi connectivity index (χ2v) is 10.9. The number of carbonyl (C=O) groups is 5. The fraction of sp³-hybridized carbons (Fsp3) is 0.500. The number of rotatable bonds is 6. The molecule has 0 spiro atoms. The molecular weight excluding hydrogens is 517 g/mol. The number of nitrogens with two attached hydrogens (primary N) is 1. The van der Waals surface area contributed by atoms with E-state index in [9.17, 15) is 29.1 Å². The van der Waals surface area contributed by atoms with Gasteiger partial charge in [-0.05, 0) is 32.3 Å². The van der Waals surface area contributed by atoms with Crippen LogP contribution in [0.4, 0.5) is 4.79 Å². The number of carbonyl (C=O) groups excluding carboxylic acids is 5. The molecule has 1 unspecified atom stereocenters. The van der Waals surface area contributed by atoms with Crippen LogP contribution in [0.15, 0.2) is 30.3 Å². The number of primary amides is 1. The Morgan fingerprint density at radius 3 is 2.42 bits per heavy atom. The molecule has 190 valence electrons. The fourth-order valence-corrected chi connectivity index (χ4v) is 6.47. The maximum absolute atomic E-state index is 13.3. The van der Waals surface area contributed by atoms with E-state index in [1.54, 1.807) is 44.2 Å². The third-order valence-corrected chi connectivity index (χ3v) is 8.05. The molecule has 1 aromatic rings. The summed E-state index contributed by atoms with van der Waals surface area (Å²) in [5.74, 6) is -2.99. The summed E-state index contributed by atoms with van der Waals surface area (Å²) in [7, 11) is 0. The number of nitrogens with zero attached hydrogens (tertiary/aromatic N) is 2. The molecule has 3 heterocycles. The molecule has 4 rings (SSSR count). The maximum atomic E-state index is 13.3. The predicted octanol–water partition coefficient (Wildman–Crippen LogP) is -5.14. The van der Waals surface area contributed by atoms with Gasteiger partial charge in [0.2, 0.25) is 17.7 Å². The number of benzene rings is 1. The summed E-state index contributed by atoms with van der Waals surface area (Å²) in [5, 5.41) is 16.4. The van der Waals surface area contributed by atoms with E-state index in [0.29, 0.717) is 24.9 Å². The van der Waals surface area contributed by atoms with Crippen molar-refractivity contribution in [3.05, 3.63) is 35.9 Å². The van der Waals surface area contributed by atoms with Crippen molar-refractivity contribution in [3.8, 4) is 0 Å². The van der Waals surface area contributed by atoms with E-state index < -0.39 is 64.0 Å². The van der Waals surface area contributed by atoms with Crippen LogP contribution in [0.3, 0.4) is 0 Å². The maximum Gasteiger partial charge on any atom is 1.00 e. The number of urea groups is 1. The first-order chi connectivity index (χ1) is 16.0. The van der Waals surface area contributed by atoms with Crippen molar-refractivity contribution in [2.75, 3.05) is 6.54 Å². The first-order valence-corrected chi connectivity index (χ1v) is 11.8. The topological polar surface area (TPSA) is 196 Å². The zero-order chi connectivity index (χ0) is 24.8. The van der Waals surface area contributed by atoms with Gasteiger partial charge in [-0.3, -0.25) is 14.4 Å². The summed E-state index contributed by atoms with van der Waals surface area (Å²) in [6.45, 7) is 3.78. The number of likely N-dealkylation sites (tertiary alicyclic amines) is 1. The van der Waals surface area contributed by atoms with Crippen molar-refractivity contribution in [1.82, 2.24) is 20.4 Å². The molecule has 0 aliphatic carbocycles. The molecule has 0 aromatic heterocycles. The zero-order valence-electron chi connectivity index (χ0n) is 20.2. The second kappa shape index (κ2) is 11.8. The number of nitrogens with one attached hydrogen (secondary N) is 2. The molecule has 3 fully saturated rings. The Morgan fingerprint density at radius 2 is 1.83 bits per heavy atom. The fourth-order valence-electron chi connectivity index (χ4n) is 4.85. The van der Waals surface area contributed by atoms with Gasteiger partial charge >= 0.3 is 57.4 Å². The first-order valence-electron chi connectivity index (χ1n) is 11.0. The molecule has 3 aliphatic rings. The van der Waals surface area contributed by atoms with Crippen LogP contribution in [0.2, 0.25) is 0 Å². The van der Waals surface area contributed by atoms with Crippen LogP contribution in [0.1, 0.15) is 38.3 Å². The van der Waals surface area contributed by atoms with Crippen LogP contribution in [0.5, 0.6) is 0 Å². The minimum absolute atomic E-state index is 0. The van der Waals surface area contributed by atoms with Gasteiger partial charge in [-0.15, -0.1) is 11.8 Å². The Kier molecular flexibility index (Phi) is 10.0. The Bertz CT molecular complexity index is 1040. The van der Waals surface area contributed by atoms with Crippen LogP contribution < -0.4 is 72.9 Å². The van der Waals surface area contributed by atoms with Crippen LogP contribution in [-0.2, 0) is 19.2 Å². The van der Waals surface area contributed by atoms with Gasteiger partial charge in [-0.25, -0.2) is 4.79 Å². The molecular formula is C22H28KN5O7S. The van der Waals surface area contributed by atoms with Crippen molar-refractivity contribution in [1.29, 1.82) is 0 Å². The minimum Gasteiger partial charge on any atom is -0.548 e. The Balaban J connectivity index is 0.00000228. The van der Waals surface area contributed by atoms with Gasteiger partial charge in [0.05, 0.1) is 12.0 Å². The van der Waals surface area contributed by atoms with E-state index in [2.05, 4.69) is 10.6 Å². The van der Waals surface area contributed by atoms with E-state index in [4.69, 9.17) is 5.73 Å². The summed E-state index contributed by atoms with van der Waals surface area (Å²) in [5.41, 5.74) is 5.87. The Morgan fingerprint density at radius 1 is 1.19 bits per heavy atom. The molecule has 6 N–H and O–H groups in total. The normalized spacial score (nSPS) is 26.4. The molecule has 0 radical (unpaired) electrons. The quantitative estimate of drug-likeness (QED) is 0.235. The Hall–Kier alpha value is -1.68. The van der Waals surface area contributed by atoms with Gasteiger partial charge in [-0.2, -0.15) is 0 Å². The van der Waals surface area contributed by atoms with Crippen molar-refractivity contribution < 1.29 is 85.9 Å². The van der Waals surface area contributed by atoms with E-state index >= 15 is 0 Å². The van der Waals surface area contributed by atoms with Crippen LogP contribution in [0.25, 0.3) is 0 Å². The summed E-state index contributed by atoms with van der Waals surface area (Å²) in [4.78, 5) is 64.8. The van der Waals surface area contributed by atoms with Crippen molar-refractivity contribution in [2.24, 2.45) is 5.73 Å². The number of fused-ring (bicyclic) bond motifs is 1. The van der Waals surface area contributed by atoms with Crippen molar-refractivity contribution in [2.45, 2.75) is 61.0 Å². The van der Waals surface area contributed by atoms with E-state index in [-0.39, 0.29) is 56.9 Å². The third kappa shape index (κ3) is 5.59. The average molecular weight is 546 g/mol. The summed E-state index contributed by atoms with van der Waals surface area (Å²) >= 11 is 1.28. The van der Waals surface area contributed by atoms with Gasteiger partial charge in [-0.1, -0.05) is 30.3 Å². The largest absolute Gasteiger partial charge is 1.00 e. The first kappa shape index (κ1) is 30.5. The Labute approximate surface area is 254 Å². The molecule has 5 atom stereocenters. The zero-order valence-corrected chi connectivity index (χ0v) is 24.2. The van der Waals surface area contributed by atoms with E-state index in [1.807, 2.05) is 0 Å². The smallest absolute Gasteiger partial charge is 0.548 e. The molecule has 5 amide bonds. The monoisotopic (exact) mass is 545 g/mol. The number of carboxylic acids is 1. The van der Waals surface area contributed by atoms with E-state index in [0.717, 1.165) is 0 Å². The molecule has 3 saturated heterocycles. The van der Waals surface area contributed by atoms with Crippen LogP contribution in [0, 0.1) is 0 Å². The number of hydrogen-bond acceptors (Lipinski definition) is 7. The number of carboxylic acid groups (broad SMARTS) is 1. The standard InChI is InChI=1S/C22H27N5O6S.K.H2O/c1-22(2)15(20(31)32)27-18(30)14(19(27)34-22)25-17(29)13(11-7-4-3-5-8-11)24-16(28)12-9-6-10-26(12)21(23)33;;/h3-5,7-8,12-15,19H,6,9-10H2,1-2H3,(H2,23,33)(H,24,28)(H,25,29)(H,31,32);;1H2/q;+1;/p-1/t12-,13?,14-,15+,19-;;/m1../s1. The average Bonchev–Trinajstić information content (AvgIpc) is 3.37. The molecule has 0 bridgehead atoms. The molecule has 36 heavy (non-hydrogen) atoms. The van der Waals surface area contributed by atoms with Gasteiger partial charge in [0.1, 0.15) is 23.5 Å². The molecule has 14 heteroatoms. The summed E-state index contributed by atoms with van der Waals surface area (Å²) in [6.07, 6.45) is 1.04. The second-order valence-electron chi connectivity index (χ2n) is 9.11. The van der Waals surface area contributed by atoms with Gasteiger partial charge in [0, 0.05) is 11.3 Å². The molecule has 1 aromatic carbocycles. The van der Waals surface area contributed by atoms with E-state index in [1.165, 1.54) is 21.6 Å². The number of aliphatic carboxylic acids is 1. The minimum atomic E-state index is -1.34. The van der Waals surface area contributed by atoms with Crippen molar-refractivity contribution in [3.63, 3.8) is 0 Å². The number of thioether (sulfide) groups is 1.